The first-order valence-corrected chi connectivity index (χ1v) is 8.81. The Morgan fingerprint density at radius 2 is 1.63 bits per heavy atom. The molecule has 1 N–H and O–H groups in total. The predicted molar refractivity (Wildman–Crippen MR) is 99.0 cm³/mol. The summed E-state index contributed by atoms with van der Waals surface area (Å²) in [5, 5.41) is 9.08. The highest BCUT2D eigenvalue weighted by atomic mass is 32.1. The monoisotopic (exact) mass is 382 g/mol. The van der Waals surface area contributed by atoms with Crippen LogP contribution in [0.3, 0.4) is 0 Å². The number of rotatable bonds is 4. The van der Waals surface area contributed by atoms with Crippen molar-refractivity contribution in [3.63, 3.8) is 0 Å². The van der Waals surface area contributed by atoms with Gasteiger partial charge in [-0.2, -0.15) is 5.10 Å². The molecule has 8 heteroatoms. The minimum Gasteiger partial charge on any atom is -0.296 e. The van der Waals surface area contributed by atoms with Crippen LogP contribution in [0.15, 0.2) is 66.2 Å². The van der Waals surface area contributed by atoms with Crippen molar-refractivity contribution in [1.82, 2.24) is 14.8 Å². The van der Waals surface area contributed by atoms with Gasteiger partial charge in [-0.25, -0.2) is 18.4 Å². The van der Waals surface area contributed by atoms with Crippen LogP contribution >= 0.6 is 11.3 Å². The highest BCUT2D eigenvalue weighted by Crippen LogP contribution is 2.25. The summed E-state index contributed by atoms with van der Waals surface area (Å²) in [4.78, 5) is 16.7. The van der Waals surface area contributed by atoms with Gasteiger partial charge in [0.15, 0.2) is 10.8 Å². The first-order valence-electron chi connectivity index (χ1n) is 7.93. The van der Waals surface area contributed by atoms with Crippen LogP contribution in [0.25, 0.3) is 16.9 Å². The molecule has 0 fully saturated rings. The van der Waals surface area contributed by atoms with E-state index in [4.69, 9.17) is 0 Å². The number of anilines is 1. The molecule has 1 amide bonds. The van der Waals surface area contributed by atoms with Gasteiger partial charge in [0, 0.05) is 17.1 Å². The Bertz CT molecular complexity index is 1090. The molecule has 0 radical (unpaired) electrons. The highest BCUT2D eigenvalue weighted by molar-refractivity contribution is 7.14. The fraction of sp³-hybridized carbons (Fsp3) is 0. The molecular weight excluding hydrogens is 370 g/mol. The summed E-state index contributed by atoms with van der Waals surface area (Å²) in [7, 11) is 0. The average molecular weight is 382 g/mol. The Labute approximate surface area is 156 Å². The predicted octanol–water partition coefficient (Wildman–Crippen LogP) is 4.53. The lowest BCUT2D eigenvalue weighted by Crippen LogP contribution is -2.13. The third-order valence-electron chi connectivity index (χ3n) is 3.78. The summed E-state index contributed by atoms with van der Waals surface area (Å²) in [5.41, 5.74) is 2.25. The van der Waals surface area contributed by atoms with Crippen molar-refractivity contribution in [2.75, 3.05) is 5.32 Å². The van der Waals surface area contributed by atoms with Crippen LogP contribution < -0.4 is 5.32 Å². The molecule has 0 aliphatic rings. The van der Waals surface area contributed by atoms with E-state index in [-0.39, 0.29) is 17.3 Å². The van der Waals surface area contributed by atoms with Crippen molar-refractivity contribution in [3.05, 3.63) is 83.5 Å². The third-order valence-corrected chi connectivity index (χ3v) is 4.54. The van der Waals surface area contributed by atoms with Gasteiger partial charge in [0.1, 0.15) is 11.6 Å². The lowest BCUT2D eigenvalue weighted by atomic mass is 10.2. The standard InChI is InChI=1S/C19H12F2N4OS/c20-13-3-1-12(2-4-13)17-11-27-19(22-17)23-18(26)16-9-10-25(24-16)15-7-5-14(21)6-8-15/h1-11H,(H,22,23,26). The van der Waals surface area contributed by atoms with Gasteiger partial charge >= 0.3 is 0 Å². The van der Waals surface area contributed by atoms with E-state index in [0.717, 1.165) is 5.56 Å². The largest absolute Gasteiger partial charge is 0.296 e. The number of aromatic nitrogens is 3. The summed E-state index contributed by atoms with van der Waals surface area (Å²) < 4.78 is 27.5. The van der Waals surface area contributed by atoms with E-state index in [2.05, 4.69) is 15.4 Å². The van der Waals surface area contributed by atoms with Gasteiger partial charge < -0.3 is 0 Å². The Morgan fingerprint density at radius 1 is 0.963 bits per heavy atom. The molecule has 5 nitrogen and oxygen atoms in total. The Hall–Kier alpha value is -3.39. The molecule has 0 bridgehead atoms. The van der Waals surface area contributed by atoms with Gasteiger partial charge in [-0.05, 0) is 54.6 Å². The number of nitrogens with one attached hydrogen (secondary N) is 1. The molecule has 0 saturated heterocycles. The molecule has 0 spiro atoms. The topological polar surface area (TPSA) is 59.8 Å². The first-order chi connectivity index (χ1) is 13.1. The summed E-state index contributed by atoms with van der Waals surface area (Å²) in [6.07, 6.45) is 1.62. The van der Waals surface area contributed by atoms with E-state index < -0.39 is 5.91 Å². The Balaban J connectivity index is 1.48. The van der Waals surface area contributed by atoms with Crippen molar-refractivity contribution in [1.29, 1.82) is 0 Å². The number of nitrogens with zero attached hydrogens (tertiary/aromatic N) is 3. The van der Waals surface area contributed by atoms with Crippen molar-refractivity contribution in [3.8, 4) is 16.9 Å². The number of thiazole rings is 1. The molecule has 4 rings (SSSR count). The van der Waals surface area contributed by atoms with E-state index >= 15 is 0 Å². The molecule has 4 aromatic rings. The first kappa shape index (κ1) is 17.0. The number of halogens is 2. The zero-order valence-electron chi connectivity index (χ0n) is 13.8. The fourth-order valence-corrected chi connectivity index (χ4v) is 3.14. The summed E-state index contributed by atoms with van der Waals surface area (Å²) in [6.45, 7) is 0. The molecule has 0 unspecified atom stereocenters. The molecule has 2 aromatic carbocycles. The van der Waals surface area contributed by atoms with Crippen LogP contribution in [-0.4, -0.2) is 20.7 Å². The van der Waals surface area contributed by atoms with Crippen LogP contribution in [0.5, 0.6) is 0 Å². The summed E-state index contributed by atoms with van der Waals surface area (Å²) in [6, 6.07) is 13.3. The lowest BCUT2D eigenvalue weighted by Gasteiger charge is -2.01. The minimum absolute atomic E-state index is 0.206. The molecule has 0 saturated carbocycles. The van der Waals surface area contributed by atoms with Crippen molar-refractivity contribution >= 4 is 22.4 Å². The molecular formula is C19H12F2N4OS. The number of carbonyl (C=O) groups excluding carboxylic acids is 1. The van der Waals surface area contributed by atoms with Crippen LogP contribution in [0, 0.1) is 11.6 Å². The summed E-state index contributed by atoms with van der Waals surface area (Å²) >= 11 is 1.26. The maximum Gasteiger partial charge on any atom is 0.277 e. The zero-order valence-corrected chi connectivity index (χ0v) is 14.6. The number of carbonyl (C=O) groups is 1. The molecule has 0 aliphatic heterocycles. The second-order valence-electron chi connectivity index (χ2n) is 5.62. The zero-order chi connectivity index (χ0) is 18.8. The molecule has 0 atom stereocenters. The Morgan fingerprint density at radius 3 is 2.33 bits per heavy atom. The van der Waals surface area contributed by atoms with E-state index in [0.29, 0.717) is 16.5 Å². The number of benzene rings is 2. The molecule has 2 heterocycles. The van der Waals surface area contributed by atoms with E-state index in [1.165, 1.54) is 40.3 Å². The van der Waals surface area contributed by atoms with Gasteiger partial charge in [0.25, 0.3) is 5.91 Å². The van der Waals surface area contributed by atoms with Crippen molar-refractivity contribution in [2.24, 2.45) is 0 Å². The third kappa shape index (κ3) is 3.75. The maximum atomic E-state index is 13.0. The van der Waals surface area contributed by atoms with E-state index in [9.17, 15) is 13.6 Å². The van der Waals surface area contributed by atoms with Crippen molar-refractivity contribution < 1.29 is 13.6 Å². The number of hydrogen-bond donors (Lipinski definition) is 1. The molecule has 2 aromatic heterocycles. The quantitative estimate of drug-likeness (QED) is 0.564. The molecule has 0 aliphatic carbocycles. The lowest BCUT2D eigenvalue weighted by molar-refractivity contribution is 0.102. The number of amides is 1. The van der Waals surface area contributed by atoms with Crippen LogP contribution in [0.2, 0.25) is 0 Å². The Kier molecular flexibility index (Phi) is 4.47. The van der Waals surface area contributed by atoms with E-state index in [1.54, 1.807) is 41.9 Å². The fourth-order valence-electron chi connectivity index (χ4n) is 2.43. The maximum absolute atomic E-state index is 13.0. The van der Waals surface area contributed by atoms with Crippen LogP contribution in [0.1, 0.15) is 10.5 Å². The van der Waals surface area contributed by atoms with Crippen molar-refractivity contribution in [2.45, 2.75) is 0 Å². The second-order valence-corrected chi connectivity index (χ2v) is 6.48. The van der Waals surface area contributed by atoms with Crippen LogP contribution in [0.4, 0.5) is 13.9 Å². The normalized spacial score (nSPS) is 10.7. The highest BCUT2D eigenvalue weighted by Gasteiger charge is 2.13. The van der Waals surface area contributed by atoms with Gasteiger partial charge in [-0.1, -0.05) is 0 Å². The number of hydrogen-bond acceptors (Lipinski definition) is 4. The van der Waals surface area contributed by atoms with Gasteiger partial charge in [0.05, 0.1) is 11.4 Å². The second kappa shape index (κ2) is 7.08. The molecule has 134 valence electrons. The van der Waals surface area contributed by atoms with E-state index in [1.807, 2.05) is 0 Å². The van der Waals surface area contributed by atoms with Crippen LogP contribution in [-0.2, 0) is 0 Å². The summed E-state index contributed by atoms with van der Waals surface area (Å²) in [5.74, 6) is -1.07. The SMILES string of the molecule is O=C(Nc1nc(-c2ccc(F)cc2)cs1)c1ccn(-c2ccc(F)cc2)n1. The van der Waals surface area contributed by atoms with Gasteiger partial charge in [-0.15, -0.1) is 11.3 Å². The average Bonchev–Trinajstić information content (AvgIpc) is 3.33. The molecule has 27 heavy (non-hydrogen) atoms. The van der Waals surface area contributed by atoms with Gasteiger partial charge in [0.2, 0.25) is 0 Å². The smallest absolute Gasteiger partial charge is 0.277 e. The van der Waals surface area contributed by atoms with Gasteiger partial charge in [-0.3, -0.25) is 10.1 Å². The minimum atomic E-state index is -0.407.